The van der Waals surface area contributed by atoms with Gasteiger partial charge < -0.3 is 15.4 Å². The normalized spacial score (nSPS) is 8.94. The molecule has 0 aromatic heterocycles. The topological polar surface area (TPSA) is 86.1 Å². The van der Waals surface area contributed by atoms with Gasteiger partial charge in [0.1, 0.15) is 18.8 Å². The molecule has 82 valence electrons. The molecular weight excluding hydrogens is 204 g/mol. The molecule has 1 rings (SSSR count). The van der Waals surface area contributed by atoms with Crippen molar-refractivity contribution in [2.75, 3.05) is 30.8 Å². The van der Waals surface area contributed by atoms with Crippen LogP contribution >= 0.6 is 0 Å². The highest BCUT2D eigenvalue weighted by Gasteiger charge is 2.07. The molecule has 0 aliphatic rings. The molecule has 0 saturated heterocycles. The number of anilines is 2. The standard InChI is InChI=1S/C11H12N4O/c1-16-11-7-9(14)6-10(8-11)15(4-2-12)5-3-13/h6-8H,4-5,14H2,1H3. The van der Waals surface area contributed by atoms with Crippen molar-refractivity contribution in [3.63, 3.8) is 0 Å². The Bertz CT molecular complexity index is 428. The minimum Gasteiger partial charge on any atom is -0.497 e. The van der Waals surface area contributed by atoms with Gasteiger partial charge in [-0.3, -0.25) is 0 Å². The lowest BCUT2D eigenvalue weighted by Gasteiger charge is -2.19. The lowest BCUT2D eigenvalue weighted by molar-refractivity contribution is 0.415. The van der Waals surface area contributed by atoms with Gasteiger partial charge in [0.2, 0.25) is 0 Å². The van der Waals surface area contributed by atoms with Crippen molar-refractivity contribution in [1.29, 1.82) is 10.5 Å². The van der Waals surface area contributed by atoms with Crippen LogP contribution in [-0.2, 0) is 0 Å². The molecule has 0 saturated carbocycles. The summed E-state index contributed by atoms with van der Waals surface area (Å²) < 4.78 is 5.07. The van der Waals surface area contributed by atoms with E-state index in [0.717, 1.165) is 0 Å². The Morgan fingerprint density at radius 3 is 2.38 bits per heavy atom. The van der Waals surface area contributed by atoms with Crippen LogP contribution in [0.15, 0.2) is 18.2 Å². The van der Waals surface area contributed by atoms with E-state index >= 15 is 0 Å². The van der Waals surface area contributed by atoms with Gasteiger partial charge in [0.05, 0.1) is 19.2 Å². The van der Waals surface area contributed by atoms with Crippen molar-refractivity contribution in [1.82, 2.24) is 0 Å². The van der Waals surface area contributed by atoms with Gasteiger partial charge in [0.15, 0.2) is 0 Å². The zero-order chi connectivity index (χ0) is 12.0. The number of benzene rings is 1. The fraction of sp³-hybridized carbons (Fsp3) is 0.273. The molecule has 0 fully saturated rings. The van der Waals surface area contributed by atoms with E-state index in [-0.39, 0.29) is 13.1 Å². The molecule has 0 bridgehead atoms. The Kier molecular flexibility index (Phi) is 3.99. The molecule has 1 aromatic rings. The molecule has 0 atom stereocenters. The highest BCUT2D eigenvalue weighted by molar-refractivity contribution is 5.61. The maximum absolute atomic E-state index is 8.66. The third kappa shape index (κ3) is 2.79. The van der Waals surface area contributed by atoms with Gasteiger partial charge in [0, 0.05) is 23.5 Å². The maximum Gasteiger partial charge on any atom is 0.122 e. The lowest BCUT2D eigenvalue weighted by Crippen LogP contribution is -2.23. The van der Waals surface area contributed by atoms with Crippen LogP contribution in [0.4, 0.5) is 11.4 Å². The first-order valence-corrected chi connectivity index (χ1v) is 4.64. The summed E-state index contributed by atoms with van der Waals surface area (Å²) in [6.07, 6.45) is 0. The van der Waals surface area contributed by atoms with Gasteiger partial charge in [-0.2, -0.15) is 10.5 Å². The lowest BCUT2D eigenvalue weighted by atomic mass is 10.2. The minimum absolute atomic E-state index is 0.139. The van der Waals surface area contributed by atoms with Gasteiger partial charge in [0.25, 0.3) is 0 Å². The predicted octanol–water partition coefficient (Wildman–Crippen LogP) is 1.13. The van der Waals surface area contributed by atoms with E-state index in [0.29, 0.717) is 17.1 Å². The van der Waals surface area contributed by atoms with Crippen LogP contribution in [0.1, 0.15) is 0 Å². The van der Waals surface area contributed by atoms with Gasteiger partial charge in [-0.15, -0.1) is 0 Å². The van der Waals surface area contributed by atoms with Crippen molar-refractivity contribution < 1.29 is 4.74 Å². The number of nitrogens with zero attached hydrogens (tertiary/aromatic N) is 3. The van der Waals surface area contributed by atoms with E-state index < -0.39 is 0 Å². The van der Waals surface area contributed by atoms with Crippen molar-refractivity contribution in [3.8, 4) is 17.9 Å². The summed E-state index contributed by atoms with van der Waals surface area (Å²) in [5.41, 5.74) is 6.94. The zero-order valence-electron chi connectivity index (χ0n) is 8.97. The van der Waals surface area contributed by atoms with E-state index in [1.165, 1.54) is 7.11 Å². The summed E-state index contributed by atoms with van der Waals surface area (Å²) in [6, 6.07) is 9.13. The Balaban J connectivity index is 3.04. The van der Waals surface area contributed by atoms with Crippen LogP contribution in [0, 0.1) is 22.7 Å². The molecule has 5 heteroatoms. The molecule has 0 spiro atoms. The molecule has 1 aromatic carbocycles. The molecule has 0 aliphatic carbocycles. The maximum atomic E-state index is 8.66. The van der Waals surface area contributed by atoms with Crippen LogP contribution in [0.25, 0.3) is 0 Å². The molecule has 16 heavy (non-hydrogen) atoms. The largest absolute Gasteiger partial charge is 0.497 e. The molecule has 5 nitrogen and oxygen atoms in total. The average Bonchev–Trinajstić information content (AvgIpc) is 2.28. The monoisotopic (exact) mass is 216 g/mol. The first kappa shape index (κ1) is 11.7. The Morgan fingerprint density at radius 2 is 1.88 bits per heavy atom. The number of ether oxygens (including phenoxy) is 1. The third-order valence-electron chi connectivity index (χ3n) is 2.04. The van der Waals surface area contributed by atoms with E-state index in [9.17, 15) is 0 Å². The molecular formula is C11H12N4O. The van der Waals surface area contributed by atoms with Gasteiger partial charge in [-0.1, -0.05) is 0 Å². The number of hydrogen-bond acceptors (Lipinski definition) is 5. The van der Waals surface area contributed by atoms with E-state index in [2.05, 4.69) is 0 Å². The summed E-state index contributed by atoms with van der Waals surface area (Å²) in [4.78, 5) is 1.62. The number of nitrogen functional groups attached to an aromatic ring is 1. The number of hydrogen-bond donors (Lipinski definition) is 1. The van der Waals surface area contributed by atoms with Crippen LogP contribution in [0.3, 0.4) is 0 Å². The summed E-state index contributed by atoms with van der Waals surface area (Å²) >= 11 is 0. The molecule has 0 heterocycles. The van der Waals surface area contributed by atoms with Crippen LogP contribution in [0.2, 0.25) is 0 Å². The van der Waals surface area contributed by atoms with E-state index in [1.807, 2.05) is 12.1 Å². The second-order valence-corrected chi connectivity index (χ2v) is 3.14. The fourth-order valence-electron chi connectivity index (χ4n) is 1.32. The van der Waals surface area contributed by atoms with Crippen molar-refractivity contribution in [2.24, 2.45) is 0 Å². The first-order chi connectivity index (χ1) is 7.71. The van der Waals surface area contributed by atoms with Crippen LogP contribution in [0.5, 0.6) is 5.75 Å². The van der Waals surface area contributed by atoms with Crippen molar-refractivity contribution >= 4 is 11.4 Å². The van der Waals surface area contributed by atoms with Crippen LogP contribution < -0.4 is 15.4 Å². The molecule has 2 N–H and O–H groups in total. The quantitative estimate of drug-likeness (QED) is 0.602. The SMILES string of the molecule is COc1cc(N)cc(N(CC#N)CC#N)c1. The van der Waals surface area contributed by atoms with Crippen molar-refractivity contribution in [3.05, 3.63) is 18.2 Å². The second kappa shape index (κ2) is 5.47. The summed E-state index contributed by atoms with van der Waals surface area (Å²) in [6.45, 7) is 0.278. The number of rotatable bonds is 4. The molecule has 0 unspecified atom stereocenters. The van der Waals surface area contributed by atoms with Gasteiger partial charge >= 0.3 is 0 Å². The van der Waals surface area contributed by atoms with E-state index in [4.69, 9.17) is 21.0 Å². The van der Waals surface area contributed by atoms with Gasteiger partial charge in [-0.25, -0.2) is 0 Å². The Morgan fingerprint density at radius 1 is 1.25 bits per heavy atom. The van der Waals surface area contributed by atoms with Crippen LogP contribution in [-0.4, -0.2) is 20.2 Å². The summed E-state index contributed by atoms with van der Waals surface area (Å²) in [5.74, 6) is 0.607. The predicted molar refractivity (Wildman–Crippen MR) is 60.8 cm³/mol. The Labute approximate surface area is 94.3 Å². The summed E-state index contributed by atoms with van der Waals surface area (Å²) in [5, 5.41) is 17.3. The summed E-state index contributed by atoms with van der Waals surface area (Å²) in [7, 11) is 1.54. The number of methoxy groups -OCH3 is 1. The average molecular weight is 216 g/mol. The highest BCUT2D eigenvalue weighted by atomic mass is 16.5. The van der Waals surface area contributed by atoms with Crippen molar-refractivity contribution in [2.45, 2.75) is 0 Å². The molecule has 0 amide bonds. The molecule has 0 aliphatic heterocycles. The fourth-order valence-corrected chi connectivity index (χ4v) is 1.32. The third-order valence-corrected chi connectivity index (χ3v) is 2.04. The first-order valence-electron chi connectivity index (χ1n) is 4.64. The number of nitrogens with two attached hydrogens (primary N) is 1. The van der Waals surface area contributed by atoms with Gasteiger partial charge in [-0.05, 0) is 6.07 Å². The smallest absolute Gasteiger partial charge is 0.122 e. The zero-order valence-corrected chi connectivity index (χ0v) is 8.97. The Hall–Kier alpha value is -2.40. The minimum atomic E-state index is 0.139. The van der Waals surface area contributed by atoms with E-state index in [1.54, 1.807) is 23.1 Å². The molecule has 0 radical (unpaired) electrons. The highest BCUT2D eigenvalue weighted by Crippen LogP contribution is 2.25. The second-order valence-electron chi connectivity index (χ2n) is 3.14. The number of nitriles is 2.